The van der Waals surface area contributed by atoms with E-state index in [1.54, 1.807) is 12.0 Å². The Balaban J connectivity index is 2.60. The fourth-order valence-electron chi connectivity index (χ4n) is 1.76. The highest BCUT2D eigenvalue weighted by molar-refractivity contribution is 4.87. The zero-order valence-electron chi connectivity index (χ0n) is 9.33. The van der Waals surface area contributed by atoms with Gasteiger partial charge in [-0.1, -0.05) is 13.3 Å². The first-order valence-electron chi connectivity index (χ1n) is 5.52. The van der Waals surface area contributed by atoms with Gasteiger partial charge >= 0.3 is 0 Å². The maximum absolute atomic E-state index is 9.75. The van der Waals surface area contributed by atoms with Crippen molar-refractivity contribution >= 4 is 0 Å². The Kier molecular flexibility index (Phi) is 4.95. The summed E-state index contributed by atoms with van der Waals surface area (Å²) in [4.78, 5) is 5.44. The van der Waals surface area contributed by atoms with Crippen LogP contribution in [0.3, 0.4) is 0 Å². The molecule has 1 aliphatic heterocycles. The molecule has 90 valence electrons. The van der Waals surface area contributed by atoms with E-state index in [1.807, 2.05) is 0 Å². The van der Waals surface area contributed by atoms with Crippen LogP contribution in [-0.2, 0) is 4.84 Å². The van der Waals surface area contributed by atoms with Gasteiger partial charge in [0.1, 0.15) is 18.3 Å². The minimum atomic E-state index is -0.949. The fourth-order valence-corrected chi connectivity index (χ4v) is 1.76. The highest BCUT2D eigenvalue weighted by Gasteiger charge is 2.40. The van der Waals surface area contributed by atoms with Crippen LogP contribution < -0.4 is 0 Å². The topological polar surface area (TPSA) is 73.2 Å². The lowest BCUT2D eigenvalue weighted by Crippen LogP contribution is -2.60. The first-order chi connectivity index (χ1) is 7.11. The van der Waals surface area contributed by atoms with Crippen LogP contribution in [0.1, 0.15) is 26.7 Å². The molecular weight excluding hydrogens is 198 g/mol. The summed E-state index contributed by atoms with van der Waals surface area (Å²) in [6.07, 6.45) is -0.354. The van der Waals surface area contributed by atoms with E-state index < -0.39 is 24.4 Å². The Morgan fingerprint density at radius 3 is 2.47 bits per heavy atom. The molecule has 0 saturated carbocycles. The second-order valence-electron chi connectivity index (χ2n) is 4.04. The van der Waals surface area contributed by atoms with Crippen LogP contribution in [0.15, 0.2) is 0 Å². The van der Waals surface area contributed by atoms with E-state index >= 15 is 0 Å². The monoisotopic (exact) mass is 219 g/mol. The third-order valence-corrected chi connectivity index (χ3v) is 2.82. The molecule has 1 rings (SSSR count). The number of hydrogen-bond donors (Lipinski definition) is 3. The van der Waals surface area contributed by atoms with E-state index in [4.69, 9.17) is 9.94 Å². The lowest BCUT2D eigenvalue weighted by atomic mass is 10.00. The Morgan fingerprint density at radius 1 is 1.27 bits per heavy atom. The zero-order chi connectivity index (χ0) is 11.4. The number of hydrogen-bond acceptors (Lipinski definition) is 5. The molecule has 0 aromatic rings. The van der Waals surface area contributed by atoms with Crippen LogP contribution in [0.5, 0.6) is 0 Å². The molecule has 1 saturated heterocycles. The maximum Gasteiger partial charge on any atom is 0.109 e. The number of aliphatic hydroxyl groups excluding tert-OH is 3. The van der Waals surface area contributed by atoms with Crippen molar-refractivity contribution < 1.29 is 20.2 Å². The summed E-state index contributed by atoms with van der Waals surface area (Å²) in [6, 6.07) is -0.525. The summed E-state index contributed by atoms with van der Waals surface area (Å²) in [5, 5.41) is 30.1. The quantitative estimate of drug-likeness (QED) is 0.595. The molecule has 0 aromatic carbocycles. The molecule has 0 aromatic heterocycles. The molecular formula is C10H21NO4. The van der Waals surface area contributed by atoms with E-state index in [9.17, 15) is 10.2 Å². The van der Waals surface area contributed by atoms with Crippen LogP contribution in [0, 0.1) is 0 Å². The van der Waals surface area contributed by atoms with Gasteiger partial charge in [-0.2, -0.15) is 5.06 Å². The lowest BCUT2D eigenvalue weighted by molar-refractivity contribution is -0.307. The van der Waals surface area contributed by atoms with E-state index in [0.29, 0.717) is 6.54 Å². The van der Waals surface area contributed by atoms with Gasteiger partial charge in [0.05, 0.1) is 12.6 Å². The number of aliphatic hydroxyl groups is 3. The van der Waals surface area contributed by atoms with E-state index in [2.05, 4.69) is 6.92 Å². The predicted molar refractivity (Wildman–Crippen MR) is 55.0 cm³/mol. The van der Waals surface area contributed by atoms with E-state index in [-0.39, 0.29) is 6.61 Å². The summed E-state index contributed by atoms with van der Waals surface area (Å²) in [5.41, 5.74) is 0. The first kappa shape index (κ1) is 12.9. The highest BCUT2D eigenvalue weighted by atomic mass is 16.7. The molecule has 3 N–H and O–H groups in total. The van der Waals surface area contributed by atoms with Crippen molar-refractivity contribution in [2.24, 2.45) is 0 Å². The van der Waals surface area contributed by atoms with Gasteiger partial charge in [-0.3, -0.25) is 4.84 Å². The van der Waals surface area contributed by atoms with Gasteiger partial charge < -0.3 is 15.3 Å². The summed E-state index contributed by atoms with van der Waals surface area (Å²) in [5.74, 6) is 0. The Morgan fingerprint density at radius 2 is 1.93 bits per heavy atom. The molecule has 3 unspecified atom stereocenters. The molecule has 0 aliphatic carbocycles. The van der Waals surface area contributed by atoms with E-state index in [1.165, 1.54) is 0 Å². The molecule has 5 nitrogen and oxygen atoms in total. The third kappa shape index (κ3) is 2.89. The second kappa shape index (κ2) is 5.77. The van der Waals surface area contributed by atoms with Crippen molar-refractivity contribution in [3.8, 4) is 0 Å². The SMILES string of the molecule is CCCCN1OC(C)C(O)[C@@H](O)C1CO. The van der Waals surface area contributed by atoms with Crippen molar-refractivity contribution in [3.63, 3.8) is 0 Å². The molecule has 0 radical (unpaired) electrons. The standard InChI is InChI=1S/C10H21NO4/c1-3-4-5-11-8(6-12)10(14)9(13)7(2)15-11/h7-10,12-14H,3-6H2,1-2H3/t7?,8?,9?,10-/m0/s1. The van der Waals surface area contributed by atoms with Crippen LogP contribution in [0.2, 0.25) is 0 Å². The average Bonchev–Trinajstić information content (AvgIpc) is 2.23. The smallest absolute Gasteiger partial charge is 0.109 e. The lowest BCUT2D eigenvalue weighted by Gasteiger charge is -2.43. The molecule has 15 heavy (non-hydrogen) atoms. The Hall–Kier alpha value is -0.200. The Labute approximate surface area is 90.2 Å². The highest BCUT2D eigenvalue weighted by Crippen LogP contribution is 2.21. The third-order valence-electron chi connectivity index (χ3n) is 2.82. The van der Waals surface area contributed by atoms with Crippen molar-refractivity contribution in [1.82, 2.24) is 5.06 Å². The fraction of sp³-hybridized carbons (Fsp3) is 1.00. The van der Waals surface area contributed by atoms with Crippen molar-refractivity contribution in [1.29, 1.82) is 0 Å². The van der Waals surface area contributed by atoms with Gasteiger partial charge in [-0.15, -0.1) is 0 Å². The largest absolute Gasteiger partial charge is 0.395 e. The van der Waals surface area contributed by atoms with Gasteiger partial charge in [0.15, 0.2) is 0 Å². The Bertz CT molecular complexity index is 190. The van der Waals surface area contributed by atoms with Gasteiger partial charge in [0.25, 0.3) is 0 Å². The van der Waals surface area contributed by atoms with Crippen LogP contribution in [0.25, 0.3) is 0 Å². The summed E-state index contributed by atoms with van der Waals surface area (Å²) in [7, 11) is 0. The van der Waals surface area contributed by atoms with Crippen molar-refractivity contribution in [2.75, 3.05) is 13.2 Å². The second-order valence-corrected chi connectivity index (χ2v) is 4.04. The molecule has 0 bridgehead atoms. The number of unbranched alkanes of at least 4 members (excludes halogenated alkanes) is 1. The van der Waals surface area contributed by atoms with Gasteiger partial charge in [-0.05, 0) is 13.3 Å². The van der Waals surface area contributed by atoms with Gasteiger partial charge in [-0.25, -0.2) is 0 Å². The minimum Gasteiger partial charge on any atom is -0.395 e. The van der Waals surface area contributed by atoms with Crippen LogP contribution in [0.4, 0.5) is 0 Å². The number of hydroxylamine groups is 2. The van der Waals surface area contributed by atoms with Crippen molar-refractivity contribution in [3.05, 3.63) is 0 Å². The molecule has 1 heterocycles. The minimum absolute atomic E-state index is 0.214. The first-order valence-corrected chi connectivity index (χ1v) is 5.52. The normalized spacial score (nSPS) is 38.2. The molecule has 1 fully saturated rings. The average molecular weight is 219 g/mol. The maximum atomic E-state index is 9.75. The molecule has 4 atom stereocenters. The van der Waals surface area contributed by atoms with Crippen LogP contribution >= 0.6 is 0 Å². The van der Waals surface area contributed by atoms with E-state index in [0.717, 1.165) is 12.8 Å². The number of rotatable bonds is 4. The summed E-state index contributed by atoms with van der Waals surface area (Å²) in [6.45, 7) is 4.22. The molecule has 0 spiro atoms. The van der Waals surface area contributed by atoms with Crippen molar-refractivity contribution in [2.45, 2.75) is 51.0 Å². The molecule has 5 heteroatoms. The molecule has 1 aliphatic rings. The zero-order valence-corrected chi connectivity index (χ0v) is 9.33. The number of nitrogens with zero attached hydrogens (tertiary/aromatic N) is 1. The van der Waals surface area contributed by atoms with Crippen LogP contribution in [-0.4, -0.2) is 57.9 Å². The molecule has 0 amide bonds. The summed E-state index contributed by atoms with van der Waals surface area (Å²) < 4.78 is 0. The van der Waals surface area contributed by atoms with Gasteiger partial charge in [0.2, 0.25) is 0 Å². The summed E-state index contributed by atoms with van der Waals surface area (Å²) >= 11 is 0. The predicted octanol–water partition coefficient (Wildman–Crippen LogP) is -0.495. The van der Waals surface area contributed by atoms with Gasteiger partial charge in [0, 0.05) is 6.54 Å².